The van der Waals surface area contributed by atoms with Gasteiger partial charge in [0, 0.05) is 6.54 Å². The fraction of sp³-hybridized carbons (Fsp3) is 0.786. The smallest absolute Gasteiger partial charge is 0.437 e. The molecule has 17 nitrogen and oxygen atoms in total. The monoisotopic (exact) mass is 681 g/mol. The number of methoxy groups -OCH3 is 1. The second-order valence-electron chi connectivity index (χ2n) is 12.6. The van der Waals surface area contributed by atoms with Crippen molar-refractivity contribution in [1.82, 2.24) is 21.3 Å². The van der Waals surface area contributed by atoms with Crippen molar-refractivity contribution >= 4 is 43.7 Å². The molecule has 0 fully saturated rings. The van der Waals surface area contributed by atoms with Gasteiger partial charge in [-0.2, -0.15) is 0 Å². The average molecular weight is 682 g/mol. The Morgan fingerprint density at radius 1 is 0.761 bits per heavy atom. The Morgan fingerprint density at radius 3 is 1.72 bits per heavy atom. The number of amides is 4. The Balaban J connectivity index is 6.04. The van der Waals surface area contributed by atoms with Crippen LogP contribution in [0.5, 0.6) is 0 Å². The molecule has 4 N–H and O–H groups in total. The second kappa shape index (κ2) is 18.6. The maximum Gasteiger partial charge on any atom is 0.437 e. The van der Waals surface area contributed by atoms with E-state index >= 15 is 0 Å². The van der Waals surface area contributed by atoms with Gasteiger partial charge in [-0.05, 0) is 89.0 Å². The minimum Gasteiger partial charge on any atom is -0.467 e. The lowest BCUT2D eigenvalue weighted by Gasteiger charge is -2.27. The van der Waals surface area contributed by atoms with Crippen molar-refractivity contribution in [3.8, 4) is 0 Å². The van der Waals surface area contributed by atoms with Crippen molar-refractivity contribution in [2.45, 2.75) is 118 Å². The number of carbonyl (C=O) groups excluding carboxylic acids is 5. The van der Waals surface area contributed by atoms with E-state index in [0.29, 0.717) is 0 Å². The standard InChI is InChI=1S/C28H52N5O12P/c1-13-41-46(39,42-14-2)20(21(35)40-12)31-19(34)18(30-23(36)43-26(3,4)5)16-15-17-29-22(32-24(37)44-27(6,7)8)33-25(38)45-28(9,10)11/h18,20H,13-17H2,1-12H3,(H,30,36)(H,31,34)(H2,29,32,33,37,38)/t18-,20?/m0/s1. The Morgan fingerprint density at radius 2 is 1.26 bits per heavy atom. The highest BCUT2D eigenvalue weighted by molar-refractivity contribution is 7.55. The fourth-order valence-corrected chi connectivity index (χ4v) is 5.02. The summed E-state index contributed by atoms with van der Waals surface area (Å²) in [7, 11) is -3.20. The van der Waals surface area contributed by atoms with Gasteiger partial charge in [-0.25, -0.2) is 19.2 Å². The van der Waals surface area contributed by atoms with Gasteiger partial charge in [0.1, 0.15) is 22.8 Å². The zero-order valence-corrected chi connectivity index (χ0v) is 29.9. The number of carbonyl (C=O) groups is 5. The van der Waals surface area contributed by atoms with Gasteiger partial charge in [0.05, 0.1) is 20.3 Å². The Kier molecular flexibility index (Phi) is 17.3. The molecule has 0 radical (unpaired) electrons. The van der Waals surface area contributed by atoms with Crippen LogP contribution < -0.4 is 21.3 Å². The summed E-state index contributed by atoms with van der Waals surface area (Å²) in [6.45, 7) is 17.6. The lowest BCUT2D eigenvalue weighted by Crippen LogP contribution is -2.53. The van der Waals surface area contributed by atoms with E-state index in [0.717, 1.165) is 7.11 Å². The first-order valence-corrected chi connectivity index (χ1v) is 16.4. The van der Waals surface area contributed by atoms with E-state index in [-0.39, 0.29) is 38.6 Å². The number of nitrogens with zero attached hydrogens (tertiary/aromatic N) is 1. The summed E-state index contributed by atoms with van der Waals surface area (Å²) >= 11 is 0. The van der Waals surface area contributed by atoms with Crippen LogP contribution in [0.2, 0.25) is 0 Å². The van der Waals surface area contributed by atoms with Crippen LogP contribution in [-0.4, -0.2) is 91.6 Å². The number of ether oxygens (including phenoxy) is 4. The first kappa shape index (κ1) is 42.6. The zero-order chi connectivity index (χ0) is 35.9. The second-order valence-corrected chi connectivity index (χ2v) is 14.8. The number of esters is 1. The molecule has 0 aliphatic rings. The molecule has 0 saturated carbocycles. The van der Waals surface area contributed by atoms with Crippen molar-refractivity contribution < 1.29 is 56.5 Å². The van der Waals surface area contributed by atoms with Gasteiger partial charge in [0.25, 0.3) is 0 Å². The van der Waals surface area contributed by atoms with E-state index in [1.807, 2.05) is 0 Å². The summed E-state index contributed by atoms with van der Waals surface area (Å²) in [5, 5.41) is 9.86. The number of aliphatic imine (C=N–C) groups is 1. The van der Waals surface area contributed by atoms with Gasteiger partial charge in [-0.15, -0.1) is 4.99 Å². The SMILES string of the molecule is CCOP(=O)(OCC)C(NC(=O)[C@H](CCCNC(=NC(=O)OC(C)(C)C)NC(=O)OC(C)(C)C)NC(=O)OC(C)(C)C)C(=O)OC. The average Bonchev–Trinajstić information content (AvgIpc) is 2.85. The highest BCUT2D eigenvalue weighted by Crippen LogP contribution is 2.52. The van der Waals surface area contributed by atoms with Crippen LogP contribution in [0.3, 0.4) is 0 Å². The molecule has 2 atom stereocenters. The van der Waals surface area contributed by atoms with Crippen molar-refractivity contribution in [2.75, 3.05) is 26.9 Å². The largest absolute Gasteiger partial charge is 0.467 e. The zero-order valence-electron chi connectivity index (χ0n) is 29.0. The van der Waals surface area contributed by atoms with Gasteiger partial charge < -0.3 is 43.9 Å². The molecule has 0 aromatic rings. The highest BCUT2D eigenvalue weighted by atomic mass is 31.2. The number of rotatable bonds is 13. The Labute approximate surface area is 271 Å². The molecule has 0 aromatic carbocycles. The molecule has 0 rings (SSSR count). The van der Waals surface area contributed by atoms with Gasteiger partial charge in [0.15, 0.2) is 0 Å². The Hall–Kier alpha value is -3.43. The molecule has 0 spiro atoms. The van der Waals surface area contributed by atoms with Crippen LogP contribution >= 0.6 is 7.60 Å². The van der Waals surface area contributed by atoms with Gasteiger partial charge in [-0.1, -0.05) is 0 Å². The highest BCUT2D eigenvalue weighted by Gasteiger charge is 2.44. The van der Waals surface area contributed by atoms with Gasteiger partial charge in [0.2, 0.25) is 17.6 Å². The first-order valence-electron chi connectivity index (χ1n) is 14.8. The van der Waals surface area contributed by atoms with Crippen molar-refractivity contribution in [3.05, 3.63) is 0 Å². The third-order valence-corrected chi connectivity index (χ3v) is 7.03. The first-order chi connectivity index (χ1) is 20.9. The molecule has 266 valence electrons. The molecule has 0 aliphatic carbocycles. The van der Waals surface area contributed by atoms with Crippen LogP contribution in [0, 0.1) is 0 Å². The van der Waals surface area contributed by atoms with Gasteiger partial charge >= 0.3 is 31.8 Å². The molecule has 4 amide bonds. The third-order valence-electron chi connectivity index (χ3n) is 4.82. The molecule has 0 bridgehead atoms. The summed E-state index contributed by atoms with van der Waals surface area (Å²) in [6, 6.07) is -1.33. The normalized spacial score (nSPS) is 13.9. The summed E-state index contributed by atoms with van der Waals surface area (Å²) in [4.78, 5) is 67.0. The van der Waals surface area contributed by atoms with E-state index in [1.165, 1.54) is 13.8 Å². The minimum atomic E-state index is -4.24. The molecular formula is C28H52N5O12P. The summed E-state index contributed by atoms with van der Waals surface area (Å²) in [6.07, 6.45) is -2.78. The lowest BCUT2D eigenvalue weighted by molar-refractivity contribution is -0.143. The number of hydrogen-bond donors (Lipinski definition) is 4. The minimum absolute atomic E-state index is 0.00796. The number of alkyl carbamates (subject to hydrolysis) is 2. The van der Waals surface area contributed by atoms with E-state index in [1.54, 1.807) is 62.3 Å². The van der Waals surface area contributed by atoms with Crippen LogP contribution in [0.15, 0.2) is 4.99 Å². The number of hydrogen-bond acceptors (Lipinski definition) is 12. The van der Waals surface area contributed by atoms with Crippen LogP contribution in [-0.2, 0) is 42.1 Å². The van der Waals surface area contributed by atoms with E-state index in [2.05, 4.69) is 26.3 Å². The number of nitrogens with one attached hydrogen (secondary N) is 4. The third kappa shape index (κ3) is 18.5. The maximum absolute atomic E-state index is 13.4. The van der Waals surface area contributed by atoms with Gasteiger partial charge in [-0.3, -0.25) is 14.7 Å². The molecular weight excluding hydrogens is 629 g/mol. The summed E-state index contributed by atoms with van der Waals surface area (Å²) in [5.74, 6) is -4.14. The molecule has 18 heteroatoms. The molecule has 0 aliphatic heterocycles. The van der Waals surface area contributed by atoms with Crippen LogP contribution in [0.1, 0.15) is 89.0 Å². The quantitative estimate of drug-likeness (QED) is 0.0541. The van der Waals surface area contributed by atoms with E-state index in [4.69, 9.17) is 28.0 Å². The van der Waals surface area contributed by atoms with E-state index in [9.17, 15) is 28.5 Å². The summed E-state index contributed by atoms with van der Waals surface area (Å²) in [5.41, 5.74) is -2.60. The molecule has 0 aromatic heterocycles. The van der Waals surface area contributed by atoms with Crippen molar-refractivity contribution in [2.24, 2.45) is 4.99 Å². The molecule has 0 heterocycles. The van der Waals surface area contributed by atoms with Crippen molar-refractivity contribution in [1.29, 1.82) is 0 Å². The Bertz CT molecular complexity index is 1120. The topological polar surface area (TPSA) is 218 Å². The summed E-state index contributed by atoms with van der Waals surface area (Å²) < 4.78 is 44.3. The lowest BCUT2D eigenvalue weighted by atomic mass is 10.1. The van der Waals surface area contributed by atoms with E-state index < -0.39 is 66.4 Å². The van der Waals surface area contributed by atoms with Crippen LogP contribution in [0.25, 0.3) is 0 Å². The molecule has 0 saturated heterocycles. The predicted molar refractivity (Wildman–Crippen MR) is 168 cm³/mol. The predicted octanol–water partition coefficient (Wildman–Crippen LogP) is 3.95. The van der Waals surface area contributed by atoms with Crippen LogP contribution in [0.4, 0.5) is 14.4 Å². The maximum atomic E-state index is 13.4. The number of guanidine groups is 1. The molecule has 46 heavy (non-hydrogen) atoms. The molecule has 1 unspecified atom stereocenters. The van der Waals surface area contributed by atoms with Crippen molar-refractivity contribution in [3.63, 3.8) is 0 Å². The fourth-order valence-electron chi connectivity index (χ4n) is 3.28.